The van der Waals surface area contributed by atoms with Gasteiger partial charge in [0.15, 0.2) is 15.0 Å². The number of fused-ring (bicyclic) bond motifs is 1. The molecule has 1 amide bonds. The van der Waals surface area contributed by atoms with Crippen LogP contribution in [0.1, 0.15) is 17.3 Å². The molecule has 2 aromatic carbocycles. The third-order valence-electron chi connectivity index (χ3n) is 5.02. The molecule has 0 radical (unpaired) electrons. The fraction of sp³-hybridized carbons (Fsp3) is 0.300. The van der Waals surface area contributed by atoms with Crippen molar-refractivity contribution < 1.29 is 13.2 Å². The molecule has 9 heteroatoms. The fourth-order valence-corrected chi connectivity index (χ4v) is 5.45. The van der Waals surface area contributed by atoms with Gasteiger partial charge in [0.25, 0.3) is 5.91 Å². The van der Waals surface area contributed by atoms with Crippen molar-refractivity contribution in [3.63, 3.8) is 0 Å². The van der Waals surface area contributed by atoms with Crippen LogP contribution in [-0.2, 0) is 9.84 Å². The molecule has 1 saturated heterocycles. The van der Waals surface area contributed by atoms with Crippen molar-refractivity contribution in [2.24, 2.45) is 0 Å². The van der Waals surface area contributed by atoms with Gasteiger partial charge in [0.2, 0.25) is 0 Å². The second-order valence-electron chi connectivity index (χ2n) is 6.82. The van der Waals surface area contributed by atoms with Gasteiger partial charge in [-0.3, -0.25) is 4.79 Å². The van der Waals surface area contributed by atoms with E-state index in [1.165, 1.54) is 12.1 Å². The first kappa shape index (κ1) is 20.1. The maximum Gasteiger partial charge on any atom is 0.253 e. The van der Waals surface area contributed by atoms with Gasteiger partial charge in [0.05, 0.1) is 20.9 Å². The lowest BCUT2D eigenvalue weighted by Gasteiger charge is -2.34. The highest BCUT2D eigenvalue weighted by molar-refractivity contribution is 7.91. The van der Waals surface area contributed by atoms with Crippen LogP contribution in [0.25, 0.3) is 10.2 Å². The minimum atomic E-state index is -3.26. The van der Waals surface area contributed by atoms with Crippen molar-refractivity contribution in [1.29, 1.82) is 0 Å². The number of hydrogen-bond acceptors (Lipinski definition) is 6. The number of carbonyl (C=O) groups excluding carboxylic acids is 1. The standard InChI is InChI=1S/C20H20ClN3O3S2/c1-2-29(26,27)16-6-3-14(4-7-16)19(25)23-9-11-24(12-10-23)20-22-17-8-5-15(21)13-18(17)28-20/h3-8,13H,2,9-12H2,1H3. The summed E-state index contributed by atoms with van der Waals surface area (Å²) in [6.07, 6.45) is 0. The zero-order chi connectivity index (χ0) is 20.6. The van der Waals surface area contributed by atoms with E-state index in [0.29, 0.717) is 36.8 Å². The first-order valence-corrected chi connectivity index (χ1v) is 12.2. The van der Waals surface area contributed by atoms with Gasteiger partial charge >= 0.3 is 0 Å². The maximum atomic E-state index is 12.8. The monoisotopic (exact) mass is 449 g/mol. The zero-order valence-electron chi connectivity index (χ0n) is 15.8. The summed E-state index contributed by atoms with van der Waals surface area (Å²) in [5.74, 6) is -0.0404. The lowest BCUT2D eigenvalue weighted by molar-refractivity contribution is 0.0746. The Morgan fingerprint density at radius 2 is 1.79 bits per heavy atom. The number of benzene rings is 2. The number of nitrogens with zero attached hydrogens (tertiary/aromatic N) is 3. The van der Waals surface area contributed by atoms with Gasteiger partial charge in [-0.25, -0.2) is 13.4 Å². The van der Waals surface area contributed by atoms with E-state index in [-0.39, 0.29) is 16.6 Å². The number of anilines is 1. The molecule has 4 rings (SSSR count). The first-order chi connectivity index (χ1) is 13.9. The molecule has 0 N–H and O–H groups in total. The molecule has 0 saturated carbocycles. The third-order valence-corrected chi connectivity index (χ3v) is 8.08. The Labute approximate surface area is 178 Å². The summed E-state index contributed by atoms with van der Waals surface area (Å²) in [5, 5.41) is 1.63. The summed E-state index contributed by atoms with van der Waals surface area (Å²) in [7, 11) is -3.26. The molecule has 1 aromatic heterocycles. The highest BCUT2D eigenvalue weighted by atomic mass is 35.5. The van der Waals surface area contributed by atoms with Crippen LogP contribution in [0, 0.1) is 0 Å². The van der Waals surface area contributed by atoms with E-state index in [1.54, 1.807) is 35.3 Å². The van der Waals surface area contributed by atoms with E-state index in [2.05, 4.69) is 9.88 Å². The molecule has 3 aromatic rings. The second kappa shape index (κ2) is 7.93. The number of aromatic nitrogens is 1. The highest BCUT2D eigenvalue weighted by Gasteiger charge is 2.24. The van der Waals surface area contributed by atoms with Gasteiger partial charge < -0.3 is 9.80 Å². The Morgan fingerprint density at radius 3 is 2.45 bits per heavy atom. The molecule has 29 heavy (non-hydrogen) atoms. The van der Waals surface area contributed by atoms with Crippen LogP contribution in [0.15, 0.2) is 47.4 Å². The van der Waals surface area contributed by atoms with Gasteiger partial charge in [0.1, 0.15) is 0 Å². The molecule has 6 nitrogen and oxygen atoms in total. The largest absolute Gasteiger partial charge is 0.345 e. The molecule has 152 valence electrons. The fourth-order valence-electron chi connectivity index (χ4n) is 3.28. The van der Waals surface area contributed by atoms with Crippen LogP contribution in [-0.4, -0.2) is 56.1 Å². The Kier molecular flexibility index (Phi) is 5.50. The Morgan fingerprint density at radius 1 is 1.10 bits per heavy atom. The van der Waals surface area contributed by atoms with E-state index in [4.69, 9.17) is 11.6 Å². The summed E-state index contributed by atoms with van der Waals surface area (Å²) < 4.78 is 24.9. The number of thiazole rings is 1. The van der Waals surface area contributed by atoms with E-state index >= 15 is 0 Å². The smallest absolute Gasteiger partial charge is 0.253 e. The molecule has 1 fully saturated rings. The van der Waals surface area contributed by atoms with Gasteiger partial charge in [0, 0.05) is 36.8 Å². The van der Waals surface area contributed by atoms with Crippen molar-refractivity contribution in [1.82, 2.24) is 9.88 Å². The molecule has 0 spiro atoms. The zero-order valence-corrected chi connectivity index (χ0v) is 18.2. The summed E-state index contributed by atoms with van der Waals surface area (Å²) in [4.78, 5) is 21.7. The molecule has 0 unspecified atom stereocenters. The van der Waals surface area contributed by atoms with Gasteiger partial charge in [-0.2, -0.15) is 0 Å². The Balaban J connectivity index is 1.42. The lowest BCUT2D eigenvalue weighted by atomic mass is 10.2. The molecular formula is C20H20ClN3O3S2. The summed E-state index contributed by atoms with van der Waals surface area (Å²) in [5.41, 5.74) is 1.43. The van der Waals surface area contributed by atoms with Gasteiger partial charge in [-0.05, 0) is 42.5 Å². The van der Waals surface area contributed by atoms with E-state index in [1.807, 2.05) is 18.2 Å². The van der Waals surface area contributed by atoms with Crippen molar-refractivity contribution in [3.8, 4) is 0 Å². The van der Waals surface area contributed by atoms with E-state index in [0.717, 1.165) is 15.3 Å². The van der Waals surface area contributed by atoms with E-state index in [9.17, 15) is 13.2 Å². The van der Waals surface area contributed by atoms with Crippen molar-refractivity contribution in [2.75, 3.05) is 36.8 Å². The quantitative estimate of drug-likeness (QED) is 0.607. The lowest BCUT2D eigenvalue weighted by Crippen LogP contribution is -2.48. The topological polar surface area (TPSA) is 70.6 Å². The normalized spacial score (nSPS) is 15.1. The van der Waals surface area contributed by atoms with Crippen LogP contribution in [0.4, 0.5) is 5.13 Å². The van der Waals surface area contributed by atoms with Crippen LogP contribution < -0.4 is 4.90 Å². The second-order valence-corrected chi connectivity index (χ2v) is 10.5. The van der Waals surface area contributed by atoms with Crippen LogP contribution in [0.3, 0.4) is 0 Å². The molecular weight excluding hydrogens is 430 g/mol. The number of rotatable bonds is 4. The number of carbonyl (C=O) groups is 1. The average molecular weight is 450 g/mol. The van der Waals surface area contributed by atoms with Gasteiger partial charge in [-0.15, -0.1) is 0 Å². The van der Waals surface area contributed by atoms with E-state index < -0.39 is 9.84 Å². The number of piperazine rings is 1. The Hall–Kier alpha value is -2.16. The molecule has 1 aliphatic heterocycles. The summed E-state index contributed by atoms with van der Waals surface area (Å²) in [6.45, 7) is 4.17. The number of hydrogen-bond donors (Lipinski definition) is 0. The molecule has 0 atom stereocenters. The van der Waals surface area contributed by atoms with Crippen LogP contribution in [0.2, 0.25) is 5.02 Å². The minimum absolute atomic E-state index is 0.0419. The van der Waals surface area contributed by atoms with Crippen LogP contribution in [0.5, 0.6) is 0 Å². The number of sulfone groups is 1. The molecule has 2 heterocycles. The van der Waals surface area contributed by atoms with Crippen molar-refractivity contribution in [2.45, 2.75) is 11.8 Å². The van der Waals surface area contributed by atoms with Gasteiger partial charge in [-0.1, -0.05) is 29.9 Å². The highest BCUT2D eigenvalue weighted by Crippen LogP contribution is 2.31. The first-order valence-electron chi connectivity index (χ1n) is 9.30. The predicted octanol–water partition coefficient (Wildman–Crippen LogP) is 3.71. The summed E-state index contributed by atoms with van der Waals surface area (Å²) >= 11 is 7.66. The van der Waals surface area contributed by atoms with Crippen molar-refractivity contribution in [3.05, 3.63) is 53.1 Å². The molecule has 0 aliphatic carbocycles. The van der Waals surface area contributed by atoms with Crippen molar-refractivity contribution >= 4 is 54.0 Å². The predicted molar refractivity (Wildman–Crippen MR) is 117 cm³/mol. The third kappa shape index (κ3) is 4.10. The molecule has 0 bridgehead atoms. The maximum absolute atomic E-state index is 12.8. The Bertz CT molecular complexity index is 1150. The summed E-state index contributed by atoms with van der Waals surface area (Å²) in [6, 6.07) is 11.9. The van der Waals surface area contributed by atoms with Crippen LogP contribution >= 0.6 is 22.9 Å². The molecule has 1 aliphatic rings. The average Bonchev–Trinajstić information content (AvgIpc) is 3.16. The number of halogens is 1. The minimum Gasteiger partial charge on any atom is -0.345 e. The number of amides is 1. The SMILES string of the molecule is CCS(=O)(=O)c1ccc(C(=O)N2CCN(c3nc4ccc(Cl)cc4s3)CC2)cc1.